The summed E-state index contributed by atoms with van der Waals surface area (Å²) < 4.78 is 93.7. The van der Waals surface area contributed by atoms with Gasteiger partial charge in [0.25, 0.3) is 21.2 Å². The van der Waals surface area contributed by atoms with Crippen molar-refractivity contribution < 1.29 is 54.1 Å². The summed E-state index contributed by atoms with van der Waals surface area (Å²) in [4.78, 5) is 71.9. The van der Waals surface area contributed by atoms with E-state index in [0.29, 0.717) is 0 Å². The topological polar surface area (TPSA) is 317 Å². The Morgan fingerprint density at radius 3 is 2.03 bits per heavy atom. The number of benzene rings is 1. The number of carbonyl (C=O) groups is 1. The molecule has 6 rings (SSSR count). The van der Waals surface area contributed by atoms with Crippen molar-refractivity contribution in [2.24, 2.45) is 10.8 Å². The molecule has 2 aromatic heterocycles. The van der Waals surface area contributed by atoms with E-state index in [1.807, 2.05) is 67.7 Å². The van der Waals surface area contributed by atoms with Gasteiger partial charge < -0.3 is 33.3 Å². The predicted molar refractivity (Wildman–Crippen MR) is 285 cm³/mol. The Kier molecular flexibility index (Phi) is 17.8. The van der Waals surface area contributed by atoms with Crippen molar-refractivity contribution in [2.75, 3.05) is 20.3 Å². The average molecular weight is 1140 g/mol. The first-order valence-corrected chi connectivity index (χ1v) is 33.6. The quantitative estimate of drug-likeness (QED) is 0.0266. The number of nitrogens with two attached hydrogens (primary N) is 1. The van der Waals surface area contributed by atoms with Gasteiger partial charge in [-0.25, -0.2) is 18.3 Å². The van der Waals surface area contributed by atoms with Gasteiger partial charge >= 0.3 is 25.1 Å². The fourth-order valence-corrected chi connectivity index (χ4v) is 13.5. The van der Waals surface area contributed by atoms with Crippen molar-refractivity contribution in [3.63, 3.8) is 0 Å². The number of rotatable bonds is 20. The lowest BCUT2D eigenvalue weighted by Crippen LogP contribution is -2.59. The van der Waals surface area contributed by atoms with Crippen LogP contribution in [0.15, 0.2) is 78.1 Å². The molecule has 5 heterocycles. The van der Waals surface area contributed by atoms with Crippen LogP contribution >= 0.6 is 7.75 Å². The number of azide groups is 1. The van der Waals surface area contributed by atoms with Crippen LogP contribution in [0.25, 0.3) is 10.4 Å². The van der Waals surface area contributed by atoms with Crippen LogP contribution in [0.4, 0.5) is 0 Å². The SMILES string of the molecule is COC(=O)C(C)NP(=O)(OC[C@@H]1O[C@H](n2cc(C)c(=O)n(CCCn3c(=O)c(C)cn([C@@H]4O[C@H](CO[Si](C)(C)C(C)(C)C)[C@@]5(OS(=O)(=O)C=C5N)[C@H]4O[Si](C)(C)C(C)(C)C)c3=O)c2=O)C[C@H]1N=[N+]=[N-])Oc1ccccc1. The fraction of sp³-hybridized carbons (Fsp3) is 0.638. The number of carbonyl (C=O) groups excluding carboxylic acids is 1. The third kappa shape index (κ3) is 12.5. The molecule has 0 bridgehead atoms. The van der Waals surface area contributed by atoms with Gasteiger partial charge in [-0.1, -0.05) is 64.9 Å². The lowest BCUT2D eigenvalue weighted by atomic mass is 9.89. The molecule has 420 valence electrons. The summed E-state index contributed by atoms with van der Waals surface area (Å²) in [6.45, 7) is 23.1. The van der Waals surface area contributed by atoms with Gasteiger partial charge in [0.1, 0.15) is 30.2 Å². The minimum Gasteiger partial charge on any atom is -0.468 e. The van der Waals surface area contributed by atoms with Gasteiger partial charge in [0.2, 0.25) is 0 Å². The third-order valence-electron chi connectivity index (χ3n) is 14.8. The van der Waals surface area contributed by atoms with E-state index >= 15 is 0 Å². The number of methoxy groups -OCH3 is 1. The number of esters is 1. The second-order valence-corrected chi connectivity index (χ2v) is 35.0. The summed E-state index contributed by atoms with van der Waals surface area (Å²) >= 11 is 0. The van der Waals surface area contributed by atoms with Gasteiger partial charge in [0, 0.05) is 47.9 Å². The molecule has 0 radical (unpaired) electrons. The van der Waals surface area contributed by atoms with Crippen molar-refractivity contribution in [1.82, 2.24) is 23.4 Å². The molecule has 0 amide bonds. The zero-order valence-corrected chi connectivity index (χ0v) is 49.2. The highest BCUT2D eigenvalue weighted by Crippen LogP contribution is 2.52. The van der Waals surface area contributed by atoms with Gasteiger partial charge in [-0.15, -0.1) is 0 Å². The first-order chi connectivity index (χ1) is 35.1. The van der Waals surface area contributed by atoms with E-state index < -0.39 is 123 Å². The van der Waals surface area contributed by atoms with E-state index in [-0.39, 0.29) is 60.1 Å². The molecule has 2 saturated heterocycles. The highest BCUT2D eigenvalue weighted by atomic mass is 32.2. The van der Waals surface area contributed by atoms with E-state index in [1.54, 1.807) is 18.2 Å². The van der Waals surface area contributed by atoms with Crippen LogP contribution in [0.3, 0.4) is 0 Å². The normalized spacial score (nSPS) is 24.9. The number of nitrogens with zero attached hydrogens (tertiary/aromatic N) is 7. The van der Waals surface area contributed by atoms with Crippen LogP contribution in [-0.2, 0) is 64.3 Å². The fourth-order valence-electron chi connectivity index (χ4n) is 8.47. The molecule has 9 atom stereocenters. The van der Waals surface area contributed by atoms with Gasteiger partial charge in [0.15, 0.2) is 28.5 Å². The predicted octanol–water partition coefficient (Wildman–Crippen LogP) is 5.57. The lowest BCUT2D eigenvalue weighted by Gasteiger charge is -2.43. The maximum Gasteiger partial charge on any atom is 0.459 e. The standard InChI is InChI=1S/C47H72N9O16PSSi2/c1-29-24-55(37-23-33(50-52-49)34(68-37)26-66-73(62,51-31(3)42(59)65-10)70-32-19-16-15-17-20-32)43(60)53(39(29)57)21-18-22-54-40(58)30(2)25-56(44(54)61)41-38(71-76(13,14)46(7,8)9)47(35(48)28-74(63,64)72-47)36(69-41)27-67-75(11,12)45(4,5)6/h15-17,19-20,24-25,28,31,33-34,36-38,41H,18,21-23,26-27,48H2,1-14H3,(H,51,62)/t31?,33-,34+,36-,37+,38+,41-,47-,73?/m1/s1. The first-order valence-electron chi connectivity index (χ1n) is 24.7. The van der Waals surface area contributed by atoms with Gasteiger partial charge in [0.05, 0.1) is 43.6 Å². The Balaban J connectivity index is 1.30. The van der Waals surface area contributed by atoms with Crippen LogP contribution in [0, 0.1) is 13.8 Å². The second-order valence-electron chi connectivity index (χ2n) is 22.3. The molecule has 1 aromatic carbocycles. The summed E-state index contributed by atoms with van der Waals surface area (Å²) in [5.41, 5.74) is 11.2. The molecule has 25 nitrogen and oxygen atoms in total. The highest BCUT2D eigenvalue weighted by molar-refractivity contribution is 7.90. The number of ether oxygens (including phenoxy) is 3. The summed E-state index contributed by atoms with van der Waals surface area (Å²) in [6.07, 6.45) is -3.84. The molecule has 2 unspecified atom stereocenters. The van der Waals surface area contributed by atoms with E-state index in [0.717, 1.165) is 30.8 Å². The Morgan fingerprint density at radius 1 is 0.934 bits per heavy atom. The summed E-state index contributed by atoms with van der Waals surface area (Å²) in [5, 5.41) is 6.48. The Bertz CT molecular complexity index is 3160. The monoisotopic (exact) mass is 1140 g/mol. The molecule has 1 spiro atoms. The van der Waals surface area contributed by atoms with Crippen molar-refractivity contribution in [2.45, 2.75) is 173 Å². The second kappa shape index (κ2) is 22.4. The minimum atomic E-state index is -4.39. The third-order valence-corrected chi connectivity index (χ3v) is 26.5. The Hall–Kier alpha value is -4.97. The maximum absolute atomic E-state index is 14.8. The molecule has 0 aliphatic carbocycles. The van der Waals surface area contributed by atoms with E-state index in [9.17, 15) is 42.5 Å². The zero-order valence-electron chi connectivity index (χ0n) is 45.5. The highest BCUT2D eigenvalue weighted by Gasteiger charge is 2.67. The summed E-state index contributed by atoms with van der Waals surface area (Å²) in [6, 6.07) is 5.88. The van der Waals surface area contributed by atoms with Crippen molar-refractivity contribution in [3.05, 3.63) is 117 Å². The molecule has 3 N–H and O–H groups in total. The van der Waals surface area contributed by atoms with Crippen LogP contribution < -0.4 is 37.8 Å². The minimum absolute atomic E-state index is 0.0873. The van der Waals surface area contributed by atoms with Crippen LogP contribution in [-0.4, -0.2) is 106 Å². The average Bonchev–Trinajstić information content (AvgIpc) is 3.94. The number of aromatic nitrogens is 4. The summed E-state index contributed by atoms with van der Waals surface area (Å²) in [5.74, 6) is -0.615. The molecule has 76 heavy (non-hydrogen) atoms. The number of nitrogens with one attached hydrogen (secondary N) is 1. The van der Waals surface area contributed by atoms with Crippen LogP contribution in [0.1, 0.15) is 84.9 Å². The summed E-state index contributed by atoms with van der Waals surface area (Å²) in [7, 11) is -13.1. The molecule has 3 aromatic rings. The van der Waals surface area contributed by atoms with Crippen molar-refractivity contribution in [1.29, 1.82) is 0 Å². The van der Waals surface area contributed by atoms with Gasteiger partial charge in [-0.2, -0.15) is 13.5 Å². The number of aryl methyl sites for hydroxylation is 2. The molecular weight excluding hydrogens is 1070 g/mol. The number of para-hydroxylation sites is 1. The maximum atomic E-state index is 14.8. The molecule has 3 aliphatic heterocycles. The lowest BCUT2D eigenvalue weighted by molar-refractivity contribution is -0.142. The largest absolute Gasteiger partial charge is 0.468 e. The van der Waals surface area contributed by atoms with Gasteiger partial charge in [-0.05, 0) is 81.1 Å². The molecular formula is C47H72N9O16PSSi2. The van der Waals surface area contributed by atoms with E-state index in [4.69, 9.17) is 42.0 Å². The van der Waals surface area contributed by atoms with Gasteiger partial charge in [-0.3, -0.25) is 37.2 Å². The van der Waals surface area contributed by atoms with Crippen molar-refractivity contribution in [3.8, 4) is 5.75 Å². The van der Waals surface area contributed by atoms with Crippen LogP contribution in [0.2, 0.25) is 36.3 Å². The molecule has 0 saturated carbocycles. The van der Waals surface area contributed by atoms with Crippen molar-refractivity contribution >= 4 is 40.5 Å². The molecule has 2 fully saturated rings. The van der Waals surface area contributed by atoms with Crippen LogP contribution in [0.5, 0.6) is 5.75 Å². The number of hydrogen-bond acceptors (Lipinski definition) is 18. The molecule has 29 heteroatoms. The van der Waals surface area contributed by atoms with E-state index in [2.05, 4.69) is 15.1 Å². The molecule has 3 aliphatic rings. The zero-order chi connectivity index (χ0) is 56.7. The number of hydrogen-bond donors (Lipinski definition) is 2. The Morgan fingerprint density at radius 2 is 1.50 bits per heavy atom. The smallest absolute Gasteiger partial charge is 0.459 e. The van der Waals surface area contributed by atoms with E-state index in [1.165, 1.54) is 45.3 Å². The Labute approximate surface area is 443 Å². The first kappa shape index (κ1) is 60.3.